The van der Waals surface area contributed by atoms with Gasteiger partial charge in [-0.3, -0.25) is 0 Å². The van der Waals surface area contributed by atoms with Gasteiger partial charge in [0, 0.05) is 7.92 Å². The first-order valence-corrected chi connectivity index (χ1v) is 7.05. The molecule has 18 heavy (non-hydrogen) atoms. The Labute approximate surface area is 107 Å². The highest BCUT2D eigenvalue weighted by atomic mass is 31.1. The lowest BCUT2D eigenvalue weighted by molar-refractivity contribution is 0.946. The fraction of sp³-hybridized carbons (Fsp3) is 0. The highest BCUT2D eigenvalue weighted by Gasteiger charge is 2.18. The maximum absolute atomic E-state index is 4.26. The van der Waals surface area contributed by atoms with Crippen molar-refractivity contribution in [3.8, 4) is 0 Å². The molecule has 0 bridgehead atoms. The van der Waals surface area contributed by atoms with Gasteiger partial charge in [0.25, 0.3) is 0 Å². The van der Waals surface area contributed by atoms with E-state index in [-0.39, 0.29) is 0 Å². The average molecular weight is 253 g/mol. The highest BCUT2D eigenvalue weighted by Crippen LogP contribution is 2.30. The van der Waals surface area contributed by atoms with E-state index < -0.39 is 7.92 Å². The van der Waals surface area contributed by atoms with Crippen molar-refractivity contribution in [3.05, 3.63) is 66.9 Å². The van der Waals surface area contributed by atoms with Crippen molar-refractivity contribution in [2.45, 2.75) is 0 Å². The summed E-state index contributed by atoms with van der Waals surface area (Å²) in [5.74, 6) is 0. The van der Waals surface area contributed by atoms with Gasteiger partial charge in [-0.15, -0.1) is 0 Å². The van der Waals surface area contributed by atoms with Gasteiger partial charge in [0.05, 0.1) is 6.20 Å². The van der Waals surface area contributed by atoms with E-state index in [1.165, 1.54) is 10.6 Å². The fourth-order valence-corrected chi connectivity index (χ4v) is 3.96. The minimum atomic E-state index is -0.614. The highest BCUT2D eigenvalue weighted by molar-refractivity contribution is 7.79. The van der Waals surface area contributed by atoms with Gasteiger partial charge in [0.15, 0.2) is 0 Å². The van der Waals surface area contributed by atoms with Gasteiger partial charge >= 0.3 is 0 Å². The monoisotopic (exact) mass is 253 g/mol. The SMILES string of the molecule is c1ccc(P(c2ccccc2)c2cn[nH]n2)cc1. The van der Waals surface area contributed by atoms with E-state index in [0.29, 0.717) is 0 Å². The summed E-state index contributed by atoms with van der Waals surface area (Å²) in [4.78, 5) is 0. The Hall–Kier alpha value is -1.99. The number of nitrogens with one attached hydrogen (secondary N) is 1. The maximum Gasteiger partial charge on any atom is 0.114 e. The molecule has 0 unspecified atom stereocenters. The maximum atomic E-state index is 4.26. The molecule has 0 spiro atoms. The predicted molar refractivity (Wildman–Crippen MR) is 75.1 cm³/mol. The van der Waals surface area contributed by atoms with E-state index in [9.17, 15) is 0 Å². The smallest absolute Gasteiger partial charge is 0.114 e. The van der Waals surface area contributed by atoms with Crippen molar-refractivity contribution >= 4 is 24.0 Å². The van der Waals surface area contributed by atoms with Crippen LogP contribution in [0.2, 0.25) is 0 Å². The van der Waals surface area contributed by atoms with Crippen LogP contribution >= 0.6 is 7.92 Å². The summed E-state index contributed by atoms with van der Waals surface area (Å²) in [6.07, 6.45) is 1.81. The molecule has 1 aromatic heterocycles. The molecule has 1 heterocycles. The Morgan fingerprint density at radius 3 is 1.78 bits per heavy atom. The quantitative estimate of drug-likeness (QED) is 0.720. The number of aromatic amines is 1. The first kappa shape index (κ1) is 11.1. The van der Waals surface area contributed by atoms with Crippen LogP contribution in [-0.4, -0.2) is 15.4 Å². The Bertz CT molecular complexity index is 554. The van der Waals surface area contributed by atoms with Crippen LogP contribution in [-0.2, 0) is 0 Å². The predicted octanol–water partition coefficient (Wildman–Crippen LogP) is 1.56. The van der Waals surface area contributed by atoms with Crippen molar-refractivity contribution in [2.75, 3.05) is 0 Å². The Balaban J connectivity index is 2.11. The van der Waals surface area contributed by atoms with Crippen molar-refractivity contribution in [3.63, 3.8) is 0 Å². The molecule has 88 valence electrons. The topological polar surface area (TPSA) is 41.6 Å². The number of aromatic nitrogens is 3. The van der Waals surface area contributed by atoms with Gasteiger partial charge < -0.3 is 0 Å². The molecule has 0 atom stereocenters. The number of rotatable bonds is 3. The van der Waals surface area contributed by atoms with Crippen LogP contribution in [0.3, 0.4) is 0 Å². The van der Waals surface area contributed by atoms with Gasteiger partial charge in [-0.2, -0.15) is 15.4 Å². The van der Waals surface area contributed by atoms with Gasteiger partial charge in [-0.25, -0.2) is 0 Å². The molecule has 3 rings (SSSR count). The number of hydrogen-bond donors (Lipinski definition) is 1. The van der Waals surface area contributed by atoms with Crippen LogP contribution in [0.1, 0.15) is 0 Å². The normalized spacial score (nSPS) is 10.7. The summed E-state index contributed by atoms with van der Waals surface area (Å²) < 4.78 is 0. The third kappa shape index (κ3) is 2.18. The molecule has 2 aromatic carbocycles. The van der Waals surface area contributed by atoms with Gasteiger partial charge in [-0.1, -0.05) is 60.7 Å². The van der Waals surface area contributed by atoms with Crippen LogP contribution in [0.4, 0.5) is 0 Å². The van der Waals surface area contributed by atoms with Crippen molar-refractivity contribution in [1.29, 1.82) is 0 Å². The molecule has 0 fully saturated rings. The number of hydrogen-bond acceptors (Lipinski definition) is 2. The molecular weight excluding hydrogens is 241 g/mol. The van der Waals surface area contributed by atoms with Gasteiger partial charge in [0.2, 0.25) is 0 Å². The standard InChI is InChI=1S/C14H12N3P/c1-3-7-12(8-4-1)18(14-11-15-17-16-14)13-9-5-2-6-10-13/h1-11H,(H,15,16,17). The third-order valence-electron chi connectivity index (χ3n) is 2.66. The number of benzene rings is 2. The lowest BCUT2D eigenvalue weighted by atomic mass is 10.4. The van der Waals surface area contributed by atoms with Crippen molar-refractivity contribution in [1.82, 2.24) is 15.4 Å². The zero-order valence-electron chi connectivity index (χ0n) is 9.69. The third-order valence-corrected chi connectivity index (χ3v) is 4.96. The van der Waals surface area contributed by atoms with Crippen LogP contribution in [0.15, 0.2) is 66.9 Å². The molecule has 1 N–H and O–H groups in total. The molecule has 0 aliphatic rings. The zero-order chi connectivity index (χ0) is 12.2. The van der Waals surface area contributed by atoms with Crippen LogP contribution < -0.4 is 16.0 Å². The van der Waals surface area contributed by atoms with Crippen LogP contribution in [0.5, 0.6) is 0 Å². The molecule has 0 aliphatic heterocycles. The summed E-state index contributed by atoms with van der Waals surface area (Å²) in [5, 5.41) is 13.5. The molecule has 0 radical (unpaired) electrons. The number of H-pyrrole nitrogens is 1. The zero-order valence-corrected chi connectivity index (χ0v) is 10.6. The molecule has 3 aromatic rings. The number of nitrogens with zero attached hydrogens (tertiary/aromatic N) is 2. The summed E-state index contributed by atoms with van der Waals surface area (Å²) in [5.41, 5.74) is 1.00. The van der Waals surface area contributed by atoms with Crippen molar-refractivity contribution in [2.24, 2.45) is 0 Å². The Morgan fingerprint density at radius 1 is 0.778 bits per heavy atom. The fourth-order valence-electron chi connectivity index (χ4n) is 1.87. The summed E-state index contributed by atoms with van der Waals surface area (Å²) in [7, 11) is -0.614. The molecule has 4 heteroatoms. The lowest BCUT2D eigenvalue weighted by Gasteiger charge is -2.15. The summed E-state index contributed by atoms with van der Waals surface area (Å²) >= 11 is 0. The van der Waals surface area contributed by atoms with E-state index in [0.717, 1.165) is 5.44 Å². The average Bonchev–Trinajstić information content (AvgIpc) is 2.95. The minimum absolute atomic E-state index is 0.614. The molecule has 0 aliphatic carbocycles. The second-order valence-electron chi connectivity index (χ2n) is 3.83. The molecular formula is C14H12N3P. The lowest BCUT2D eigenvalue weighted by Crippen LogP contribution is -2.21. The summed E-state index contributed by atoms with van der Waals surface area (Å²) in [6.45, 7) is 0. The first-order valence-electron chi connectivity index (χ1n) is 5.71. The minimum Gasteiger partial charge on any atom is -0.197 e. The largest absolute Gasteiger partial charge is 0.197 e. The Morgan fingerprint density at radius 2 is 1.33 bits per heavy atom. The van der Waals surface area contributed by atoms with E-state index in [2.05, 4.69) is 63.9 Å². The second-order valence-corrected chi connectivity index (χ2v) is 6.00. The van der Waals surface area contributed by atoms with Gasteiger partial charge in [-0.05, 0) is 10.6 Å². The molecule has 3 nitrogen and oxygen atoms in total. The Kier molecular flexibility index (Phi) is 3.16. The van der Waals surface area contributed by atoms with E-state index >= 15 is 0 Å². The van der Waals surface area contributed by atoms with Crippen molar-refractivity contribution < 1.29 is 0 Å². The molecule has 0 amide bonds. The molecule has 0 saturated heterocycles. The summed E-state index contributed by atoms with van der Waals surface area (Å²) in [6, 6.07) is 20.9. The van der Waals surface area contributed by atoms with E-state index in [1.807, 2.05) is 18.3 Å². The molecule has 0 saturated carbocycles. The first-order chi connectivity index (χ1) is 8.95. The van der Waals surface area contributed by atoms with Gasteiger partial charge in [0.1, 0.15) is 5.44 Å². The van der Waals surface area contributed by atoms with E-state index in [1.54, 1.807) is 0 Å². The van der Waals surface area contributed by atoms with Crippen LogP contribution in [0.25, 0.3) is 0 Å². The van der Waals surface area contributed by atoms with E-state index in [4.69, 9.17) is 0 Å². The van der Waals surface area contributed by atoms with Crippen LogP contribution in [0, 0.1) is 0 Å². The second kappa shape index (κ2) is 5.11.